The molecule has 0 fully saturated rings. The number of hydrogen-bond donors (Lipinski definition) is 0. The zero-order chi connectivity index (χ0) is 4.71. The Bertz CT molecular complexity index is 6.85. The Morgan fingerprint density at radius 1 is 1.20 bits per heavy atom. The SMILES string of the molecule is [Cl][Mg][Cl].[Cl][Zn]. The summed E-state index contributed by atoms with van der Waals surface area (Å²) in [5.74, 6) is 0. The molecule has 0 unspecified atom stereocenters. The number of halogens is 3. The van der Waals surface area contributed by atoms with Gasteiger partial charge in [0.1, 0.15) is 0 Å². The van der Waals surface area contributed by atoms with Gasteiger partial charge < -0.3 is 18.1 Å². The Morgan fingerprint density at radius 3 is 1.20 bits per heavy atom. The fourth-order valence-corrected chi connectivity index (χ4v) is 0. The average molecular weight is 196 g/mol. The molecule has 0 aromatic rings. The summed E-state index contributed by atoms with van der Waals surface area (Å²) in [7, 11) is 14.6. The third-order valence-corrected chi connectivity index (χ3v) is 0. The Labute approximate surface area is 62.5 Å². The van der Waals surface area contributed by atoms with Gasteiger partial charge in [0.2, 0.25) is 0 Å². The molecule has 0 aliphatic carbocycles. The van der Waals surface area contributed by atoms with Crippen LogP contribution in [-0.4, -0.2) is 18.2 Å². The van der Waals surface area contributed by atoms with E-state index in [0.717, 1.165) is 17.3 Å². The maximum atomic E-state index is 4.90. The van der Waals surface area contributed by atoms with Crippen LogP contribution in [0, 0.1) is 0 Å². The predicted octanol–water partition coefficient (Wildman–Crippen LogP) is 1.69. The van der Waals surface area contributed by atoms with Crippen LogP contribution in [0.15, 0.2) is 0 Å². The normalized spacial score (nSPS) is 3.40. The Morgan fingerprint density at radius 2 is 1.20 bits per heavy atom. The second kappa shape index (κ2) is 16.3. The molecule has 0 atom stereocenters. The molecule has 0 radical (unpaired) electrons. The molecule has 0 aliphatic rings. The first-order valence-electron chi connectivity index (χ1n) is 0.802. The molecular formula is Cl3MgZn. The van der Waals surface area contributed by atoms with Crippen LogP contribution in [0.3, 0.4) is 0 Å². The van der Waals surface area contributed by atoms with E-state index in [1.807, 2.05) is 0 Å². The van der Waals surface area contributed by atoms with Crippen LogP contribution < -0.4 is 0 Å². The van der Waals surface area contributed by atoms with Gasteiger partial charge in [0, 0.05) is 0 Å². The molecule has 25 valence electrons. The van der Waals surface area contributed by atoms with E-state index in [4.69, 9.17) is 27.8 Å². The molecular weight excluding hydrogens is 196 g/mol. The summed E-state index contributed by atoms with van der Waals surface area (Å²) in [6.45, 7) is 0. The van der Waals surface area contributed by atoms with Crippen molar-refractivity contribution in [2.45, 2.75) is 0 Å². The van der Waals surface area contributed by atoms with Gasteiger partial charge in [-0.15, -0.1) is 0 Å². The van der Waals surface area contributed by atoms with E-state index in [1.54, 1.807) is 0 Å². The van der Waals surface area contributed by atoms with Crippen LogP contribution >= 0.6 is 27.8 Å². The molecule has 0 aliphatic heterocycles. The second-order valence-electron chi connectivity index (χ2n) is 0.101. The van der Waals surface area contributed by atoms with Gasteiger partial charge in [0.25, 0.3) is 0 Å². The number of hydrogen-bond acceptors (Lipinski definition) is 0. The van der Waals surface area contributed by atoms with Crippen LogP contribution in [-0.2, 0) is 17.3 Å². The molecule has 0 saturated heterocycles. The van der Waals surface area contributed by atoms with Crippen molar-refractivity contribution in [1.82, 2.24) is 0 Å². The molecule has 0 N–H and O–H groups in total. The van der Waals surface area contributed by atoms with Gasteiger partial charge in [-0.2, -0.15) is 0 Å². The van der Waals surface area contributed by atoms with Gasteiger partial charge in [0.15, 0.2) is 0 Å². The third kappa shape index (κ3) is 22.2. The summed E-state index contributed by atoms with van der Waals surface area (Å²) in [6, 6.07) is 0. The first-order chi connectivity index (χ1) is 2.41. The van der Waals surface area contributed by atoms with Gasteiger partial charge in [-0.05, 0) is 0 Å². The van der Waals surface area contributed by atoms with E-state index >= 15 is 0 Å². The van der Waals surface area contributed by atoms with Crippen LogP contribution in [0.2, 0.25) is 0 Å². The summed E-state index contributed by atoms with van der Waals surface area (Å²) in [5.41, 5.74) is 0. The van der Waals surface area contributed by atoms with Crippen molar-refractivity contribution in [3.63, 3.8) is 0 Å². The van der Waals surface area contributed by atoms with Crippen LogP contribution in [0.25, 0.3) is 0 Å². The topological polar surface area (TPSA) is 0 Å². The van der Waals surface area contributed by atoms with Gasteiger partial charge in [-0.25, -0.2) is 0 Å². The second-order valence-corrected chi connectivity index (χ2v) is 2.73. The molecule has 0 rings (SSSR count). The Kier molecular flexibility index (Phi) is 33.5. The minimum atomic E-state index is -0.639. The summed E-state index contributed by atoms with van der Waals surface area (Å²) in [5, 5.41) is 0. The molecule has 5 heteroatoms. The van der Waals surface area contributed by atoms with Crippen molar-refractivity contribution in [3.05, 3.63) is 0 Å². The van der Waals surface area contributed by atoms with Gasteiger partial charge >= 0.3 is 45.2 Å². The summed E-state index contributed by atoms with van der Waals surface area (Å²) in [4.78, 5) is 0. The van der Waals surface area contributed by atoms with E-state index in [1.165, 1.54) is 0 Å². The molecule has 0 amide bonds. The van der Waals surface area contributed by atoms with E-state index < -0.39 is 18.2 Å². The fourth-order valence-electron chi connectivity index (χ4n) is 0. The Hall–Kier alpha value is 2.26. The van der Waals surface area contributed by atoms with Crippen LogP contribution in [0.4, 0.5) is 0 Å². The number of rotatable bonds is 0. The average Bonchev–Trinajstić information content (AvgIpc) is 1.46. The van der Waals surface area contributed by atoms with Gasteiger partial charge in [0.05, 0.1) is 0 Å². The molecule has 0 aromatic carbocycles. The van der Waals surface area contributed by atoms with E-state index in [9.17, 15) is 0 Å². The summed E-state index contributed by atoms with van der Waals surface area (Å²) in [6.07, 6.45) is 0. The predicted molar refractivity (Wildman–Crippen MR) is 23.3 cm³/mol. The summed E-state index contributed by atoms with van der Waals surface area (Å²) >= 11 is 0.208. The molecule has 0 saturated carbocycles. The van der Waals surface area contributed by atoms with Crippen molar-refractivity contribution in [1.29, 1.82) is 0 Å². The quantitative estimate of drug-likeness (QED) is 0.517. The minimum absolute atomic E-state index is 0.639. The van der Waals surface area contributed by atoms with Crippen molar-refractivity contribution in [2.24, 2.45) is 0 Å². The third-order valence-electron chi connectivity index (χ3n) is 0. The van der Waals surface area contributed by atoms with Gasteiger partial charge in [-0.3, -0.25) is 0 Å². The van der Waals surface area contributed by atoms with Crippen molar-refractivity contribution in [2.75, 3.05) is 0 Å². The zero-order valence-corrected chi connectivity index (χ0v) is 9.20. The first-order valence-corrected chi connectivity index (χ1v) is 8.98. The Balaban J connectivity index is 0. The summed E-state index contributed by atoms with van der Waals surface area (Å²) < 4.78 is 0. The molecule has 0 spiro atoms. The van der Waals surface area contributed by atoms with Crippen molar-refractivity contribution < 1.29 is 17.3 Å². The standard InChI is InChI=1S/3ClH.Mg.Zn/h3*1H;;/q;;;+2;+1/p-3. The molecule has 5 heavy (non-hydrogen) atoms. The molecule has 0 nitrogen and oxygen atoms in total. The molecule has 0 aromatic heterocycles. The fraction of sp³-hybridized carbons (Fsp3) is 0. The molecule has 0 heterocycles. The van der Waals surface area contributed by atoms with E-state index in [-0.39, 0.29) is 0 Å². The monoisotopic (exact) mass is 193 g/mol. The van der Waals surface area contributed by atoms with Gasteiger partial charge in [-0.1, -0.05) is 0 Å². The van der Waals surface area contributed by atoms with E-state index in [0.29, 0.717) is 0 Å². The first kappa shape index (κ1) is 10.3. The van der Waals surface area contributed by atoms with Crippen LogP contribution in [0.1, 0.15) is 0 Å². The maximum absolute atomic E-state index is 4.90. The van der Waals surface area contributed by atoms with Crippen LogP contribution in [0.5, 0.6) is 0 Å². The zero-order valence-electron chi connectivity index (χ0n) is 2.55. The van der Waals surface area contributed by atoms with Crippen molar-refractivity contribution in [3.8, 4) is 0 Å². The molecule has 0 bridgehead atoms. The van der Waals surface area contributed by atoms with E-state index in [2.05, 4.69) is 0 Å². The van der Waals surface area contributed by atoms with Crippen molar-refractivity contribution >= 4 is 46.0 Å².